The van der Waals surface area contributed by atoms with E-state index in [1.807, 2.05) is 0 Å². The summed E-state index contributed by atoms with van der Waals surface area (Å²) in [5, 5.41) is 0. The molecule has 0 aliphatic rings. The van der Waals surface area contributed by atoms with Gasteiger partial charge in [0.05, 0.1) is 0 Å². The first kappa shape index (κ1) is 6.21. The predicted octanol–water partition coefficient (Wildman–Crippen LogP) is 0.438. The molecule has 40 valence electrons. The maximum Gasteiger partial charge on any atom is 0.156 e. The van der Waals surface area contributed by atoms with Gasteiger partial charge in [-0.05, 0) is 13.8 Å². The molecule has 0 saturated carbocycles. The Labute approximate surface area is 43.0 Å². The van der Waals surface area contributed by atoms with Gasteiger partial charge in [0.15, 0.2) is 5.78 Å². The molecule has 0 amide bonds. The van der Waals surface area contributed by atoms with Crippen molar-refractivity contribution in [2.24, 2.45) is 5.73 Å². The van der Waals surface area contributed by atoms with Crippen molar-refractivity contribution in [3.8, 4) is 0 Å². The van der Waals surface area contributed by atoms with Crippen LogP contribution in [-0.4, -0.2) is 5.78 Å². The van der Waals surface area contributed by atoms with Crippen molar-refractivity contribution < 1.29 is 4.79 Å². The number of rotatable bonds is 1. The van der Waals surface area contributed by atoms with Crippen molar-refractivity contribution in [3.63, 3.8) is 0 Å². The van der Waals surface area contributed by atoms with Gasteiger partial charge in [0.25, 0.3) is 0 Å². The van der Waals surface area contributed by atoms with Crippen LogP contribution in [0.2, 0.25) is 0 Å². The van der Waals surface area contributed by atoms with Crippen LogP contribution in [0.25, 0.3) is 0 Å². The van der Waals surface area contributed by atoms with E-state index in [0.717, 1.165) is 0 Å². The second kappa shape index (κ2) is 2.39. The van der Waals surface area contributed by atoms with Crippen LogP contribution in [0.5, 0.6) is 0 Å². The predicted molar refractivity (Wildman–Crippen MR) is 28.6 cm³/mol. The molecule has 0 unspecified atom stereocenters. The quantitative estimate of drug-likeness (QED) is 0.484. The molecule has 0 aromatic heterocycles. The minimum absolute atomic E-state index is 0.0301. The molecule has 0 bridgehead atoms. The van der Waals surface area contributed by atoms with Gasteiger partial charge < -0.3 is 5.73 Å². The van der Waals surface area contributed by atoms with E-state index in [2.05, 4.69) is 0 Å². The van der Waals surface area contributed by atoms with E-state index in [1.54, 1.807) is 6.92 Å². The normalized spacial score (nSPS) is 11.4. The minimum Gasteiger partial charge on any atom is -0.404 e. The van der Waals surface area contributed by atoms with Crippen LogP contribution in [0.3, 0.4) is 0 Å². The van der Waals surface area contributed by atoms with Gasteiger partial charge in [-0.2, -0.15) is 0 Å². The fraction of sp³-hybridized carbons (Fsp3) is 0.400. The number of allylic oxidation sites excluding steroid dienone is 1. The summed E-state index contributed by atoms with van der Waals surface area (Å²) >= 11 is 0. The maximum absolute atomic E-state index is 10.2. The van der Waals surface area contributed by atoms with Crippen molar-refractivity contribution in [1.82, 2.24) is 0 Å². The van der Waals surface area contributed by atoms with Crippen LogP contribution in [-0.2, 0) is 4.79 Å². The van der Waals surface area contributed by atoms with E-state index in [1.165, 1.54) is 13.1 Å². The average Bonchev–Trinajstić information content (AvgIpc) is 1.65. The molecule has 0 fully saturated rings. The highest BCUT2D eigenvalue weighted by Crippen LogP contribution is 1.87. The molecular formula is C5H9NO. The first-order valence-electron chi connectivity index (χ1n) is 2.08. The Morgan fingerprint density at radius 2 is 2.00 bits per heavy atom. The Balaban J connectivity index is 3.82. The highest BCUT2D eigenvalue weighted by Gasteiger charge is 1.89. The van der Waals surface area contributed by atoms with E-state index in [9.17, 15) is 4.79 Å². The zero-order valence-corrected chi connectivity index (χ0v) is 4.56. The number of hydrogen-bond donors (Lipinski definition) is 1. The third-order valence-corrected chi connectivity index (χ3v) is 0.805. The van der Waals surface area contributed by atoms with Crippen molar-refractivity contribution in [3.05, 3.63) is 11.8 Å². The summed E-state index contributed by atoms with van der Waals surface area (Å²) in [5.41, 5.74) is 5.60. The van der Waals surface area contributed by atoms with Crippen molar-refractivity contribution >= 4 is 5.78 Å². The lowest BCUT2D eigenvalue weighted by Crippen LogP contribution is -1.94. The summed E-state index contributed by atoms with van der Waals surface area (Å²) in [5.74, 6) is 0.0301. The molecule has 0 spiro atoms. The van der Waals surface area contributed by atoms with Crippen LogP contribution >= 0.6 is 0 Å². The third kappa shape index (κ3) is 1.98. The van der Waals surface area contributed by atoms with E-state index in [4.69, 9.17) is 5.73 Å². The van der Waals surface area contributed by atoms with Crippen LogP contribution < -0.4 is 5.73 Å². The lowest BCUT2D eigenvalue weighted by molar-refractivity contribution is -0.113. The molecule has 0 rings (SSSR count). The second-order valence-corrected chi connectivity index (χ2v) is 1.41. The summed E-state index contributed by atoms with van der Waals surface area (Å²) in [4.78, 5) is 10.2. The lowest BCUT2D eigenvalue weighted by atomic mass is 10.2. The van der Waals surface area contributed by atoms with Crippen LogP contribution in [0.4, 0.5) is 0 Å². The van der Waals surface area contributed by atoms with Gasteiger partial charge in [-0.25, -0.2) is 0 Å². The summed E-state index contributed by atoms with van der Waals surface area (Å²) in [6, 6.07) is 0. The van der Waals surface area contributed by atoms with Crippen LogP contribution in [0.1, 0.15) is 13.8 Å². The molecule has 0 radical (unpaired) electrons. The Morgan fingerprint density at radius 1 is 1.57 bits per heavy atom. The van der Waals surface area contributed by atoms with Gasteiger partial charge in [-0.15, -0.1) is 0 Å². The van der Waals surface area contributed by atoms with Gasteiger partial charge >= 0.3 is 0 Å². The molecule has 2 N–H and O–H groups in total. The molecule has 0 aromatic rings. The van der Waals surface area contributed by atoms with E-state index in [-0.39, 0.29) is 5.78 Å². The Bertz CT molecular complexity index is 105. The molecule has 0 aromatic carbocycles. The molecule has 0 atom stereocenters. The summed E-state index contributed by atoms with van der Waals surface area (Å²) < 4.78 is 0. The highest BCUT2D eigenvalue weighted by molar-refractivity contribution is 5.92. The minimum atomic E-state index is 0.0301. The largest absolute Gasteiger partial charge is 0.404 e. The smallest absolute Gasteiger partial charge is 0.156 e. The van der Waals surface area contributed by atoms with Gasteiger partial charge in [0, 0.05) is 11.8 Å². The Morgan fingerprint density at radius 3 is 2.00 bits per heavy atom. The monoisotopic (exact) mass is 99.1 g/mol. The molecule has 2 nitrogen and oxygen atoms in total. The standard InChI is InChI=1S/C5H9NO/c1-4(3-6)5(2)7/h3H,6H2,1-2H3/b4-3+. The third-order valence-electron chi connectivity index (χ3n) is 0.805. The van der Waals surface area contributed by atoms with E-state index < -0.39 is 0 Å². The number of hydrogen-bond acceptors (Lipinski definition) is 2. The Kier molecular flexibility index (Phi) is 2.12. The molecule has 0 aliphatic heterocycles. The fourth-order valence-electron chi connectivity index (χ4n) is 0.117. The SMILES string of the molecule is CC(=O)/C(C)=C/N. The topological polar surface area (TPSA) is 43.1 Å². The summed E-state index contributed by atoms with van der Waals surface area (Å²) in [6.07, 6.45) is 1.31. The first-order chi connectivity index (χ1) is 3.18. The number of carbonyl (C=O) groups excluding carboxylic acids is 1. The summed E-state index contributed by atoms with van der Waals surface area (Å²) in [7, 11) is 0. The first-order valence-corrected chi connectivity index (χ1v) is 2.08. The van der Waals surface area contributed by atoms with E-state index in [0.29, 0.717) is 5.57 Å². The van der Waals surface area contributed by atoms with Crippen LogP contribution in [0, 0.1) is 0 Å². The van der Waals surface area contributed by atoms with Crippen LogP contribution in [0.15, 0.2) is 11.8 Å². The molecule has 0 aliphatic carbocycles. The van der Waals surface area contributed by atoms with Gasteiger partial charge in [0.1, 0.15) is 0 Å². The highest BCUT2D eigenvalue weighted by atomic mass is 16.1. The number of ketones is 1. The fourth-order valence-corrected chi connectivity index (χ4v) is 0.117. The molecule has 7 heavy (non-hydrogen) atoms. The van der Waals surface area contributed by atoms with Gasteiger partial charge in [0.2, 0.25) is 0 Å². The van der Waals surface area contributed by atoms with Gasteiger partial charge in [-0.3, -0.25) is 4.79 Å². The van der Waals surface area contributed by atoms with Crippen molar-refractivity contribution in [2.75, 3.05) is 0 Å². The zero-order chi connectivity index (χ0) is 5.86. The summed E-state index contributed by atoms with van der Waals surface area (Å²) in [6.45, 7) is 3.17. The van der Waals surface area contributed by atoms with Crippen molar-refractivity contribution in [2.45, 2.75) is 13.8 Å². The molecular weight excluding hydrogens is 90.1 g/mol. The lowest BCUT2D eigenvalue weighted by Gasteiger charge is -1.85. The number of nitrogens with two attached hydrogens (primary N) is 1. The molecule has 0 saturated heterocycles. The van der Waals surface area contributed by atoms with E-state index >= 15 is 0 Å². The molecule has 2 heteroatoms. The maximum atomic E-state index is 10.2. The number of Topliss-reactive ketones (excluding diaryl/α,β-unsaturated/α-hetero) is 1. The zero-order valence-electron chi connectivity index (χ0n) is 4.56. The second-order valence-electron chi connectivity index (χ2n) is 1.41. The molecule has 0 heterocycles. The van der Waals surface area contributed by atoms with Gasteiger partial charge in [-0.1, -0.05) is 0 Å². The van der Waals surface area contributed by atoms with Crippen molar-refractivity contribution in [1.29, 1.82) is 0 Å². The average molecular weight is 99.1 g/mol. The Hall–Kier alpha value is -0.790. The number of carbonyl (C=O) groups is 1.